The number of carbonyl (C=O) groups is 1. The molecule has 1 atom stereocenters. The smallest absolute Gasteiger partial charge is 0.274 e. The Balaban J connectivity index is 1.86. The molecule has 6 nitrogen and oxygen atoms in total. The van der Waals surface area contributed by atoms with Gasteiger partial charge in [-0.05, 0) is 44.0 Å². The summed E-state index contributed by atoms with van der Waals surface area (Å²) in [5, 5.41) is 15.3. The summed E-state index contributed by atoms with van der Waals surface area (Å²) in [7, 11) is 0. The molecule has 2 heterocycles. The Hall–Kier alpha value is -1.92. The molecular weight excluding hydrogens is 326 g/mol. The van der Waals surface area contributed by atoms with E-state index < -0.39 is 0 Å². The van der Waals surface area contributed by atoms with Gasteiger partial charge >= 0.3 is 0 Å². The van der Waals surface area contributed by atoms with Gasteiger partial charge in [-0.2, -0.15) is 0 Å². The first-order chi connectivity index (χ1) is 11.7. The Kier molecular flexibility index (Phi) is 5.48. The number of nitrogens with zero attached hydrogens (tertiary/aromatic N) is 3. The Labute approximate surface area is 146 Å². The number of rotatable bonds is 5. The first-order valence-electron chi connectivity index (χ1n) is 8.41. The van der Waals surface area contributed by atoms with Crippen LogP contribution in [-0.2, 0) is 6.42 Å². The third kappa shape index (κ3) is 3.76. The Bertz CT molecular complexity index is 709. The summed E-state index contributed by atoms with van der Waals surface area (Å²) in [6.07, 6.45) is 3.69. The maximum Gasteiger partial charge on any atom is 0.274 e. The van der Waals surface area contributed by atoms with Crippen molar-refractivity contribution in [3.05, 3.63) is 40.7 Å². The average molecular weight is 348 g/mol. The molecule has 0 saturated carbocycles. The third-order valence-corrected chi connectivity index (χ3v) is 4.39. The molecule has 1 saturated heterocycles. The van der Waals surface area contributed by atoms with E-state index in [0.29, 0.717) is 10.7 Å². The molecule has 0 spiro atoms. The molecule has 0 unspecified atom stereocenters. The van der Waals surface area contributed by atoms with E-state index >= 15 is 0 Å². The Morgan fingerprint density at radius 2 is 2.38 bits per heavy atom. The number of hydrogen-bond acceptors (Lipinski definition) is 4. The number of carbonyl (C=O) groups excluding carboxylic acids is 1. The van der Waals surface area contributed by atoms with Gasteiger partial charge in [-0.25, -0.2) is 4.68 Å². The van der Waals surface area contributed by atoms with Gasteiger partial charge in [-0.15, -0.1) is 5.10 Å². The van der Waals surface area contributed by atoms with E-state index in [4.69, 9.17) is 11.6 Å². The van der Waals surface area contributed by atoms with Crippen molar-refractivity contribution in [2.45, 2.75) is 38.6 Å². The highest BCUT2D eigenvalue weighted by molar-refractivity contribution is 6.30. The number of halogens is 1. The maximum atomic E-state index is 12.6. The lowest BCUT2D eigenvalue weighted by molar-refractivity contribution is 0.0924. The van der Waals surface area contributed by atoms with Crippen LogP contribution in [0.3, 0.4) is 0 Å². The van der Waals surface area contributed by atoms with Crippen LogP contribution in [0.25, 0.3) is 5.69 Å². The van der Waals surface area contributed by atoms with Crippen molar-refractivity contribution in [1.82, 2.24) is 25.6 Å². The zero-order valence-electron chi connectivity index (χ0n) is 13.8. The van der Waals surface area contributed by atoms with Crippen LogP contribution in [0.15, 0.2) is 24.3 Å². The lowest BCUT2D eigenvalue weighted by atomic mass is 10.1. The normalized spacial score (nSPS) is 17.7. The van der Waals surface area contributed by atoms with Gasteiger partial charge in [0, 0.05) is 17.6 Å². The first kappa shape index (κ1) is 16.9. The zero-order chi connectivity index (χ0) is 16.9. The van der Waals surface area contributed by atoms with Gasteiger partial charge in [-0.1, -0.05) is 36.2 Å². The van der Waals surface area contributed by atoms with Gasteiger partial charge in [0.1, 0.15) is 0 Å². The van der Waals surface area contributed by atoms with E-state index in [1.807, 2.05) is 24.3 Å². The van der Waals surface area contributed by atoms with Gasteiger partial charge in [0.2, 0.25) is 0 Å². The molecule has 1 aliphatic heterocycles. The molecule has 1 aliphatic rings. The highest BCUT2D eigenvalue weighted by Gasteiger charge is 2.23. The molecule has 0 aliphatic carbocycles. The second-order valence-electron chi connectivity index (χ2n) is 6.04. The molecule has 0 bridgehead atoms. The minimum atomic E-state index is -0.152. The Morgan fingerprint density at radius 3 is 3.08 bits per heavy atom. The van der Waals surface area contributed by atoms with Crippen LogP contribution in [0.2, 0.25) is 5.02 Å². The molecule has 2 aromatic rings. The molecule has 1 amide bonds. The highest BCUT2D eigenvalue weighted by atomic mass is 35.5. The molecule has 1 fully saturated rings. The van der Waals surface area contributed by atoms with Crippen LogP contribution >= 0.6 is 11.6 Å². The van der Waals surface area contributed by atoms with Crippen molar-refractivity contribution in [2.24, 2.45) is 0 Å². The summed E-state index contributed by atoms with van der Waals surface area (Å²) in [4.78, 5) is 12.6. The Morgan fingerprint density at radius 1 is 1.50 bits per heavy atom. The monoisotopic (exact) mass is 347 g/mol. The van der Waals surface area contributed by atoms with Crippen molar-refractivity contribution in [2.75, 3.05) is 13.1 Å². The summed E-state index contributed by atoms with van der Waals surface area (Å²) < 4.78 is 1.71. The van der Waals surface area contributed by atoms with Crippen LogP contribution in [0, 0.1) is 0 Å². The van der Waals surface area contributed by atoms with Crippen LogP contribution in [0.5, 0.6) is 0 Å². The summed E-state index contributed by atoms with van der Waals surface area (Å²) in [5.74, 6) is -0.152. The van der Waals surface area contributed by atoms with Gasteiger partial charge in [0.15, 0.2) is 5.69 Å². The quantitative estimate of drug-likeness (QED) is 0.871. The van der Waals surface area contributed by atoms with E-state index in [1.165, 1.54) is 0 Å². The SMILES string of the molecule is CCCc1c(C(=O)N[C@H]2CCCNC2)nnn1-c1cccc(Cl)c1. The van der Waals surface area contributed by atoms with E-state index in [2.05, 4.69) is 27.9 Å². The van der Waals surface area contributed by atoms with Gasteiger partial charge < -0.3 is 10.6 Å². The van der Waals surface area contributed by atoms with Crippen molar-refractivity contribution >= 4 is 17.5 Å². The number of aromatic nitrogens is 3. The van der Waals surface area contributed by atoms with Gasteiger partial charge in [-0.3, -0.25) is 4.79 Å². The molecule has 128 valence electrons. The fraction of sp³-hybridized carbons (Fsp3) is 0.471. The topological polar surface area (TPSA) is 71.8 Å². The van der Waals surface area contributed by atoms with Crippen molar-refractivity contribution in [3.63, 3.8) is 0 Å². The van der Waals surface area contributed by atoms with Crippen LogP contribution in [0.1, 0.15) is 42.4 Å². The van der Waals surface area contributed by atoms with E-state index in [1.54, 1.807) is 4.68 Å². The lowest BCUT2D eigenvalue weighted by Crippen LogP contribution is -2.45. The van der Waals surface area contributed by atoms with E-state index in [9.17, 15) is 4.79 Å². The summed E-state index contributed by atoms with van der Waals surface area (Å²) in [5.41, 5.74) is 2.04. The van der Waals surface area contributed by atoms with Crippen LogP contribution in [0.4, 0.5) is 0 Å². The lowest BCUT2D eigenvalue weighted by Gasteiger charge is -2.23. The molecule has 24 heavy (non-hydrogen) atoms. The minimum Gasteiger partial charge on any atom is -0.347 e. The third-order valence-electron chi connectivity index (χ3n) is 4.15. The minimum absolute atomic E-state index is 0.150. The first-order valence-corrected chi connectivity index (χ1v) is 8.79. The summed E-state index contributed by atoms with van der Waals surface area (Å²) in [6.45, 7) is 3.89. The standard InChI is InChI=1S/C17H22ClN5O/c1-2-5-15-16(17(24)20-13-7-4-9-19-11-13)21-22-23(15)14-8-3-6-12(18)10-14/h3,6,8,10,13,19H,2,4-5,7,9,11H2,1H3,(H,20,24)/t13-/m0/s1. The summed E-state index contributed by atoms with van der Waals surface area (Å²) >= 11 is 6.07. The maximum absolute atomic E-state index is 12.6. The van der Waals surface area contributed by atoms with Crippen molar-refractivity contribution < 1.29 is 4.79 Å². The molecule has 0 radical (unpaired) electrons. The van der Waals surface area contributed by atoms with E-state index in [-0.39, 0.29) is 11.9 Å². The fourth-order valence-corrected chi connectivity index (χ4v) is 3.17. The van der Waals surface area contributed by atoms with Crippen molar-refractivity contribution in [3.8, 4) is 5.69 Å². The average Bonchev–Trinajstić information content (AvgIpc) is 3.00. The van der Waals surface area contributed by atoms with Gasteiger partial charge in [0.25, 0.3) is 5.91 Å². The number of amides is 1. The number of hydrogen-bond donors (Lipinski definition) is 2. The molecular formula is C17H22ClN5O. The van der Waals surface area contributed by atoms with Crippen LogP contribution < -0.4 is 10.6 Å². The summed E-state index contributed by atoms with van der Waals surface area (Å²) in [6, 6.07) is 7.56. The largest absolute Gasteiger partial charge is 0.347 e. The highest BCUT2D eigenvalue weighted by Crippen LogP contribution is 2.18. The molecule has 1 aromatic carbocycles. The van der Waals surface area contributed by atoms with Gasteiger partial charge in [0.05, 0.1) is 11.4 Å². The molecule has 1 aromatic heterocycles. The zero-order valence-corrected chi connectivity index (χ0v) is 14.5. The van der Waals surface area contributed by atoms with Crippen LogP contribution in [-0.4, -0.2) is 40.0 Å². The van der Waals surface area contributed by atoms with Crippen molar-refractivity contribution in [1.29, 1.82) is 0 Å². The second-order valence-corrected chi connectivity index (χ2v) is 6.48. The predicted molar refractivity (Wildman–Crippen MR) is 93.7 cm³/mol. The number of piperidine rings is 1. The number of benzene rings is 1. The molecule has 3 rings (SSSR count). The number of nitrogens with one attached hydrogen (secondary N) is 2. The molecule has 2 N–H and O–H groups in total. The molecule has 7 heteroatoms. The fourth-order valence-electron chi connectivity index (χ4n) is 2.98. The predicted octanol–water partition coefficient (Wildman–Crippen LogP) is 2.36. The second kappa shape index (κ2) is 7.77. The van der Waals surface area contributed by atoms with E-state index in [0.717, 1.165) is 50.2 Å².